The van der Waals surface area contributed by atoms with Gasteiger partial charge in [-0.1, -0.05) is 46.9 Å². The zero-order valence-electron chi connectivity index (χ0n) is 13.0. The van der Waals surface area contributed by atoms with Crippen LogP contribution in [0, 0.1) is 0 Å². The molecule has 0 saturated carbocycles. The highest BCUT2D eigenvalue weighted by atomic mass is 79.9. The summed E-state index contributed by atoms with van der Waals surface area (Å²) in [5, 5.41) is 4.44. The third kappa shape index (κ3) is 4.95. The van der Waals surface area contributed by atoms with E-state index in [0.717, 1.165) is 35.0 Å². The molecule has 2 rings (SSSR count). The van der Waals surface area contributed by atoms with E-state index in [0.29, 0.717) is 6.04 Å². The summed E-state index contributed by atoms with van der Waals surface area (Å²) in [4.78, 5) is 2.63. The Morgan fingerprint density at radius 1 is 1.43 bits per heavy atom. The summed E-state index contributed by atoms with van der Waals surface area (Å²) in [6.07, 6.45) is 5.17. The van der Waals surface area contributed by atoms with Gasteiger partial charge in [0.05, 0.1) is 0 Å². The predicted molar refractivity (Wildman–Crippen MR) is 95.1 cm³/mol. The minimum Gasteiger partial charge on any atom is -0.310 e. The van der Waals surface area contributed by atoms with Crippen molar-refractivity contribution in [1.82, 2.24) is 10.2 Å². The van der Waals surface area contributed by atoms with Crippen molar-refractivity contribution in [1.29, 1.82) is 0 Å². The quantitative estimate of drug-likeness (QED) is 0.753. The van der Waals surface area contributed by atoms with Crippen LogP contribution < -0.4 is 5.32 Å². The fraction of sp³-hybridized carbons (Fsp3) is 0.647. The van der Waals surface area contributed by atoms with Gasteiger partial charge < -0.3 is 10.2 Å². The molecule has 0 bridgehead atoms. The van der Waals surface area contributed by atoms with E-state index in [4.69, 9.17) is 11.6 Å². The second kappa shape index (κ2) is 8.52. The van der Waals surface area contributed by atoms with Gasteiger partial charge in [0, 0.05) is 28.1 Å². The maximum atomic E-state index is 6.43. The first-order chi connectivity index (χ1) is 10.1. The van der Waals surface area contributed by atoms with E-state index < -0.39 is 0 Å². The van der Waals surface area contributed by atoms with E-state index in [9.17, 15) is 0 Å². The second-order valence-electron chi connectivity index (χ2n) is 5.95. The minimum atomic E-state index is 0.338. The van der Waals surface area contributed by atoms with E-state index in [1.165, 1.54) is 31.4 Å². The lowest BCUT2D eigenvalue weighted by Gasteiger charge is -2.34. The molecule has 1 N–H and O–H groups in total. The van der Waals surface area contributed by atoms with E-state index >= 15 is 0 Å². The molecule has 1 aliphatic rings. The van der Waals surface area contributed by atoms with Crippen LogP contribution in [-0.2, 0) is 0 Å². The maximum absolute atomic E-state index is 6.43. The third-order valence-electron chi connectivity index (χ3n) is 4.43. The lowest BCUT2D eigenvalue weighted by Crippen LogP contribution is -2.39. The molecule has 1 fully saturated rings. The summed E-state index contributed by atoms with van der Waals surface area (Å²) in [7, 11) is 0. The molecule has 2 unspecified atom stereocenters. The van der Waals surface area contributed by atoms with Crippen molar-refractivity contribution >= 4 is 27.5 Å². The first-order valence-corrected chi connectivity index (χ1v) is 9.21. The molecule has 0 spiro atoms. The summed E-state index contributed by atoms with van der Waals surface area (Å²) < 4.78 is 1.04. The molecule has 21 heavy (non-hydrogen) atoms. The number of nitrogens with zero attached hydrogens (tertiary/aromatic N) is 1. The minimum absolute atomic E-state index is 0.338. The van der Waals surface area contributed by atoms with Crippen LogP contribution in [0.5, 0.6) is 0 Å². The summed E-state index contributed by atoms with van der Waals surface area (Å²) in [6, 6.07) is 7.27. The molecule has 0 aliphatic carbocycles. The van der Waals surface area contributed by atoms with Crippen LogP contribution in [0.4, 0.5) is 0 Å². The Balaban J connectivity index is 2.01. The van der Waals surface area contributed by atoms with Gasteiger partial charge in [-0.25, -0.2) is 0 Å². The Bertz CT molecular complexity index is 452. The monoisotopic (exact) mass is 372 g/mol. The van der Waals surface area contributed by atoms with E-state index in [2.05, 4.69) is 52.1 Å². The topological polar surface area (TPSA) is 15.3 Å². The van der Waals surface area contributed by atoms with Gasteiger partial charge in [-0.2, -0.15) is 0 Å². The standard InChI is InChI=1S/C17H26BrClN2/c1-3-20-17(15-8-7-14(18)12-16(15)19)9-11-21-10-5-4-6-13(21)2/h7-8,12-13,17,20H,3-6,9-11H2,1-2H3. The highest BCUT2D eigenvalue weighted by molar-refractivity contribution is 9.10. The molecule has 1 saturated heterocycles. The van der Waals surface area contributed by atoms with Gasteiger partial charge in [-0.05, 0) is 57.0 Å². The first kappa shape index (κ1) is 17.3. The summed E-state index contributed by atoms with van der Waals surface area (Å²) in [5.41, 5.74) is 1.21. The molecule has 0 aromatic heterocycles. The van der Waals surface area contributed by atoms with Crippen LogP contribution in [-0.4, -0.2) is 30.6 Å². The van der Waals surface area contributed by atoms with Crippen LogP contribution >= 0.6 is 27.5 Å². The molecular formula is C17H26BrClN2. The second-order valence-corrected chi connectivity index (χ2v) is 7.27. The van der Waals surface area contributed by atoms with Crippen molar-refractivity contribution in [3.05, 3.63) is 33.3 Å². The van der Waals surface area contributed by atoms with Crippen molar-refractivity contribution in [3.63, 3.8) is 0 Å². The average Bonchev–Trinajstić information content (AvgIpc) is 2.45. The molecular weight excluding hydrogens is 348 g/mol. The molecule has 1 heterocycles. The molecule has 0 amide bonds. The zero-order chi connectivity index (χ0) is 15.2. The van der Waals surface area contributed by atoms with Gasteiger partial charge in [0.1, 0.15) is 0 Å². The summed E-state index contributed by atoms with van der Waals surface area (Å²) in [5.74, 6) is 0. The molecule has 1 aliphatic heterocycles. The van der Waals surface area contributed by atoms with Crippen molar-refractivity contribution in [2.75, 3.05) is 19.6 Å². The van der Waals surface area contributed by atoms with Gasteiger partial charge in [-0.15, -0.1) is 0 Å². The van der Waals surface area contributed by atoms with Crippen LogP contribution in [0.15, 0.2) is 22.7 Å². The van der Waals surface area contributed by atoms with Gasteiger partial charge in [0.2, 0.25) is 0 Å². The Hall–Kier alpha value is -0.0900. The van der Waals surface area contributed by atoms with E-state index in [1.807, 2.05) is 6.07 Å². The Morgan fingerprint density at radius 3 is 2.90 bits per heavy atom. The third-order valence-corrected chi connectivity index (χ3v) is 5.25. The van der Waals surface area contributed by atoms with E-state index in [1.54, 1.807) is 0 Å². The summed E-state index contributed by atoms with van der Waals surface area (Å²) in [6.45, 7) is 7.86. The van der Waals surface area contributed by atoms with Crippen molar-refractivity contribution in [2.24, 2.45) is 0 Å². The molecule has 1 aromatic carbocycles. The van der Waals surface area contributed by atoms with Crippen LogP contribution in [0.25, 0.3) is 0 Å². The van der Waals surface area contributed by atoms with Gasteiger partial charge in [0.25, 0.3) is 0 Å². The Labute approximate surface area is 142 Å². The fourth-order valence-electron chi connectivity index (χ4n) is 3.18. The number of hydrogen-bond acceptors (Lipinski definition) is 2. The molecule has 2 atom stereocenters. The molecule has 118 valence electrons. The number of benzene rings is 1. The van der Waals surface area contributed by atoms with Crippen LogP contribution in [0.2, 0.25) is 5.02 Å². The summed E-state index contributed by atoms with van der Waals surface area (Å²) >= 11 is 9.91. The zero-order valence-corrected chi connectivity index (χ0v) is 15.4. The number of piperidine rings is 1. The van der Waals surface area contributed by atoms with E-state index in [-0.39, 0.29) is 0 Å². The normalized spacial score (nSPS) is 21.4. The molecule has 1 aromatic rings. The number of hydrogen-bond donors (Lipinski definition) is 1. The Kier molecular flexibility index (Phi) is 7.00. The average molecular weight is 374 g/mol. The largest absolute Gasteiger partial charge is 0.310 e. The Morgan fingerprint density at radius 2 is 2.24 bits per heavy atom. The van der Waals surface area contributed by atoms with Gasteiger partial charge in [-0.3, -0.25) is 0 Å². The van der Waals surface area contributed by atoms with Crippen molar-refractivity contribution in [3.8, 4) is 0 Å². The number of likely N-dealkylation sites (tertiary alicyclic amines) is 1. The highest BCUT2D eigenvalue weighted by Crippen LogP contribution is 2.29. The molecule has 2 nitrogen and oxygen atoms in total. The van der Waals surface area contributed by atoms with Crippen LogP contribution in [0.3, 0.4) is 0 Å². The van der Waals surface area contributed by atoms with Crippen LogP contribution in [0.1, 0.15) is 51.1 Å². The SMILES string of the molecule is CCNC(CCN1CCCCC1C)c1ccc(Br)cc1Cl. The fourth-order valence-corrected chi connectivity index (χ4v) is 3.99. The molecule has 4 heteroatoms. The number of rotatable bonds is 6. The van der Waals surface area contributed by atoms with Crippen molar-refractivity contribution in [2.45, 2.75) is 51.6 Å². The first-order valence-electron chi connectivity index (χ1n) is 8.04. The van der Waals surface area contributed by atoms with Crippen molar-refractivity contribution < 1.29 is 0 Å². The maximum Gasteiger partial charge on any atom is 0.0465 e. The lowest BCUT2D eigenvalue weighted by atomic mass is 10.00. The van der Waals surface area contributed by atoms with Gasteiger partial charge >= 0.3 is 0 Å². The predicted octanol–water partition coefficient (Wildman–Crippen LogP) is 5.02. The smallest absolute Gasteiger partial charge is 0.0465 e. The lowest BCUT2D eigenvalue weighted by molar-refractivity contribution is 0.153. The van der Waals surface area contributed by atoms with Gasteiger partial charge in [0.15, 0.2) is 0 Å². The molecule has 0 radical (unpaired) electrons. The highest BCUT2D eigenvalue weighted by Gasteiger charge is 2.20. The number of nitrogens with one attached hydrogen (secondary N) is 1. The number of halogens is 2.